The first kappa shape index (κ1) is 16.6. The first-order chi connectivity index (χ1) is 11.5. The van der Waals surface area contributed by atoms with Crippen LogP contribution in [0.4, 0.5) is 11.4 Å². The molecule has 128 valence electrons. The zero-order valence-corrected chi connectivity index (χ0v) is 14.1. The van der Waals surface area contributed by atoms with E-state index >= 15 is 0 Å². The Morgan fingerprint density at radius 1 is 1.17 bits per heavy atom. The van der Waals surface area contributed by atoms with Crippen LogP contribution in [0.2, 0.25) is 0 Å². The highest BCUT2D eigenvalue weighted by Crippen LogP contribution is 2.30. The van der Waals surface area contributed by atoms with Gasteiger partial charge in [-0.15, -0.1) is 0 Å². The van der Waals surface area contributed by atoms with Crippen molar-refractivity contribution in [2.45, 2.75) is 51.6 Å². The summed E-state index contributed by atoms with van der Waals surface area (Å²) in [6, 6.07) is 6.79. The fourth-order valence-electron chi connectivity index (χ4n) is 3.63. The summed E-state index contributed by atoms with van der Waals surface area (Å²) < 4.78 is 0. The van der Waals surface area contributed by atoms with Crippen molar-refractivity contribution in [3.8, 4) is 0 Å². The van der Waals surface area contributed by atoms with Crippen LogP contribution >= 0.6 is 0 Å². The van der Waals surface area contributed by atoms with Crippen LogP contribution in [0.15, 0.2) is 24.3 Å². The van der Waals surface area contributed by atoms with E-state index in [-0.39, 0.29) is 30.2 Å². The number of anilines is 2. The number of carbonyl (C=O) groups is 3. The predicted molar refractivity (Wildman–Crippen MR) is 91.7 cm³/mol. The van der Waals surface area contributed by atoms with Crippen molar-refractivity contribution >= 4 is 29.1 Å². The van der Waals surface area contributed by atoms with Gasteiger partial charge in [0, 0.05) is 18.7 Å². The fourth-order valence-corrected chi connectivity index (χ4v) is 3.63. The lowest BCUT2D eigenvalue weighted by Gasteiger charge is -2.36. The van der Waals surface area contributed by atoms with Crippen LogP contribution in [0.5, 0.6) is 0 Å². The van der Waals surface area contributed by atoms with Gasteiger partial charge in [-0.1, -0.05) is 6.42 Å². The molecule has 2 fully saturated rings. The number of hydrogen-bond acceptors (Lipinski definition) is 4. The maximum atomic E-state index is 12.8. The first-order valence-electron chi connectivity index (χ1n) is 8.47. The topological polar surface area (TPSA) is 69.7 Å². The number of amides is 3. The van der Waals surface area contributed by atoms with Crippen molar-refractivity contribution in [3.63, 3.8) is 0 Å². The van der Waals surface area contributed by atoms with Crippen LogP contribution in [0.25, 0.3) is 0 Å². The van der Waals surface area contributed by atoms with E-state index in [1.54, 1.807) is 24.3 Å². The first-order valence-corrected chi connectivity index (χ1v) is 8.47. The minimum atomic E-state index is -0.345. The molecule has 3 rings (SSSR count). The molecule has 0 radical (unpaired) electrons. The Morgan fingerprint density at radius 3 is 2.50 bits per heavy atom. The summed E-state index contributed by atoms with van der Waals surface area (Å²) in [6.07, 6.45) is 3.58. The highest BCUT2D eigenvalue weighted by atomic mass is 16.2. The molecule has 0 unspecified atom stereocenters. The van der Waals surface area contributed by atoms with Gasteiger partial charge in [0.15, 0.2) is 0 Å². The number of likely N-dealkylation sites (tertiary alicyclic amines) is 1. The van der Waals surface area contributed by atoms with Gasteiger partial charge in [-0.2, -0.15) is 0 Å². The molecule has 3 amide bonds. The number of benzene rings is 1. The maximum absolute atomic E-state index is 12.8. The third kappa shape index (κ3) is 3.19. The van der Waals surface area contributed by atoms with Crippen molar-refractivity contribution in [3.05, 3.63) is 24.3 Å². The summed E-state index contributed by atoms with van der Waals surface area (Å²) in [5, 5.41) is 2.68. The van der Waals surface area contributed by atoms with Crippen LogP contribution in [0.1, 0.15) is 39.5 Å². The Kier molecular flexibility index (Phi) is 4.66. The lowest BCUT2D eigenvalue weighted by molar-refractivity contribution is -0.123. The van der Waals surface area contributed by atoms with Crippen molar-refractivity contribution in [2.75, 3.05) is 16.8 Å². The average Bonchev–Trinajstić information content (AvgIpc) is 2.83. The van der Waals surface area contributed by atoms with Crippen LogP contribution < -0.4 is 10.2 Å². The van der Waals surface area contributed by atoms with E-state index in [9.17, 15) is 14.4 Å². The van der Waals surface area contributed by atoms with Crippen LogP contribution in [-0.2, 0) is 14.4 Å². The second-order valence-corrected chi connectivity index (χ2v) is 6.60. The normalized spacial score (nSPS) is 25.2. The zero-order chi connectivity index (χ0) is 17.3. The number of rotatable bonds is 3. The molecular weight excluding hydrogens is 306 g/mol. The van der Waals surface area contributed by atoms with Gasteiger partial charge < -0.3 is 5.32 Å². The van der Waals surface area contributed by atoms with Crippen molar-refractivity contribution in [1.82, 2.24) is 4.90 Å². The SMILES string of the molecule is CC(=O)Nc1ccc(N2C(=O)C[C@H](N3CCCC[C@@H]3C)C2=O)cc1. The molecule has 2 aliphatic rings. The quantitative estimate of drug-likeness (QED) is 0.863. The zero-order valence-electron chi connectivity index (χ0n) is 14.1. The third-order valence-corrected chi connectivity index (χ3v) is 4.82. The van der Waals surface area contributed by atoms with Crippen LogP contribution in [0.3, 0.4) is 0 Å². The highest BCUT2D eigenvalue weighted by molar-refractivity contribution is 6.22. The summed E-state index contributed by atoms with van der Waals surface area (Å²) in [5.74, 6) is -0.452. The van der Waals surface area contributed by atoms with Gasteiger partial charge in [0.25, 0.3) is 5.91 Å². The smallest absolute Gasteiger partial charge is 0.251 e. The van der Waals surface area contributed by atoms with Gasteiger partial charge in [0.05, 0.1) is 18.2 Å². The van der Waals surface area contributed by atoms with Crippen molar-refractivity contribution in [2.24, 2.45) is 0 Å². The van der Waals surface area contributed by atoms with E-state index in [4.69, 9.17) is 0 Å². The molecule has 0 bridgehead atoms. The van der Waals surface area contributed by atoms with Gasteiger partial charge in [-0.05, 0) is 50.6 Å². The van der Waals surface area contributed by atoms with E-state index in [0.29, 0.717) is 17.4 Å². The lowest BCUT2D eigenvalue weighted by Crippen LogP contribution is -2.48. The number of imide groups is 1. The van der Waals surface area contributed by atoms with E-state index in [1.165, 1.54) is 18.2 Å². The molecule has 2 atom stereocenters. The average molecular weight is 329 g/mol. The van der Waals surface area contributed by atoms with Crippen LogP contribution in [-0.4, -0.2) is 41.2 Å². The molecule has 0 aliphatic carbocycles. The Balaban J connectivity index is 1.77. The molecule has 0 spiro atoms. The molecule has 6 nitrogen and oxygen atoms in total. The summed E-state index contributed by atoms with van der Waals surface area (Å²) in [4.78, 5) is 39.8. The number of carbonyl (C=O) groups excluding carboxylic acids is 3. The predicted octanol–water partition coefficient (Wildman–Crippen LogP) is 2.15. The van der Waals surface area contributed by atoms with Crippen LogP contribution in [0, 0.1) is 0 Å². The molecule has 6 heteroatoms. The molecular formula is C18H23N3O3. The van der Waals surface area contributed by atoms with E-state index in [1.807, 2.05) is 0 Å². The molecule has 2 saturated heterocycles. The molecule has 0 saturated carbocycles. The fraction of sp³-hybridized carbons (Fsp3) is 0.500. The Morgan fingerprint density at radius 2 is 1.88 bits per heavy atom. The standard InChI is InChI=1S/C18H23N3O3/c1-12-5-3-4-10-20(12)16-11-17(23)21(18(16)24)15-8-6-14(7-9-15)19-13(2)22/h6-9,12,16H,3-5,10-11H2,1-2H3,(H,19,22)/t12-,16-/m0/s1. The second-order valence-electron chi connectivity index (χ2n) is 6.60. The van der Waals surface area contributed by atoms with Crippen molar-refractivity contribution < 1.29 is 14.4 Å². The Hall–Kier alpha value is -2.21. The number of hydrogen-bond donors (Lipinski definition) is 1. The summed E-state index contributed by atoms with van der Waals surface area (Å²) in [7, 11) is 0. The number of nitrogens with one attached hydrogen (secondary N) is 1. The Labute approximate surface area is 141 Å². The molecule has 1 N–H and O–H groups in total. The molecule has 2 heterocycles. The van der Waals surface area contributed by atoms with Gasteiger partial charge in [0.2, 0.25) is 11.8 Å². The maximum Gasteiger partial charge on any atom is 0.251 e. The second kappa shape index (κ2) is 6.73. The van der Waals surface area contributed by atoms with Gasteiger partial charge in [-0.25, -0.2) is 4.90 Å². The highest BCUT2D eigenvalue weighted by Gasteiger charge is 2.44. The van der Waals surface area contributed by atoms with E-state index < -0.39 is 0 Å². The number of nitrogens with zero attached hydrogens (tertiary/aromatic N) is 2. The van der Waals surface area contributed by atoms with Gasteiger partial charge >= 0.3 is 0 Å². The third-order valence-electron chi connectivity index (χ3n) is 4.82. The van der Waals surface area contributed by atoms with Gasteiger partial charge in [0.1, 0.15) is 0 Å². The largest absolute Gasteiger partial charge is 0.326 e. The van der Waals surface area contributed by atoms with E-state index in [2.05, 4.69) is 17.1 Å². The molecule has 1 aromatic rings. The Bertz CT molecular complexity index is 656. The van der Waals surface area contributed by atoms with E-state index in [0.717, 1.165) is 19.4 Å². The summed E-state index contributed by atoms with van der Waals surface area (Å²) in [6.45, 7) is 4.44. The number of piperidine rings is 1. The minimum Gasteiger partial charge on any atom is -0.326 e. The monoisotopic (exact) mass is 329 g/mol. The lowest BCUT2D eigenvalue weighted by atomic mass is 10.0. The molecule has 1 aromatic carbocycles. The molecule has 24 heavy (non-hydrogen) atoms. The summed E-state index contributed by atoms with van der Waals surface area (Å²) >= 11 is 0. The molecule has 0 aromatic heterocycles. The minimum absolute atomic E-state index is 0.138. The summed E-state index contributed by atoms with van der Waals surface area (Å²) in [5.41, 5.74) is 1.21. The van der Waals surface area contributed by atoms with Gasteiger partial charge in [-0.3, -0.25) is 19.3 Å². The molecule has 2 aliphatic heterocycles. The van der Waals surface area contributed by atoms with Crippen molar-refractivity contribution in [1.29, 1.82) is 0 Å².